The van der Waals surface area contributed by atoms with Crippen LogP contribution >= 0.6 is 0 Å². The maximum atomic E-state index is 13.1. The molecule has 1 aromatic carbocycles. The number of ether oxygens (including phenoxy) is 1. The van der Waals surface area contributed by atoms with Crippen molar-refractivity contribution in [2.75, 3.05) is 18.0 Å². The number of hydrogen-bond donors (Lipinski definition) is 1. The van der Waals surface area contributed by atoms with Crippen molar-refractivity contribution in [2.45, 2.75) is 50.7 Å². The van der Waals surface area contributed by atoms with Crippen LogP contribution in [0.2, 0.25) is 0 Å². The van der Waals surface area contributed by atoms with Crippen LogP contribution in [-0.2, 0) is 11.0 Å². The van der Waals surface area contributed by atoms with Crippen molar-refractivity contribution in [3.8, 4) is 5.75 Å². The first-order chi connectivity index (χ1) is 15.9. The molecule has 11 heteroatoms. The van der Waals surface area contributed by atoms with E-state index in [2.05, 4.69) is 10.3 Å². The first-order valence-electron chi connectivity index (χ1n) is 10.8. The molecular weight excluding hydrogens is 464 g/mol. The van der Waals surface area contributed by atoms with Gasteiger partial charge in [0.1, 0.15) is 28.8 Å². The lowest BCUT2D eigenvalue weighted by Gasteiger charge is -2.22. The average molecular weight is 487 g/mol. The number of hydrogen-bond acceptors (Lipinski definition) is 4. The van der Waals surface area contributed by atoms with E-state index in [-0.39, 0.29) is 24.8 Å². The van der Waals surface area contributed by atoms with Gasteiger partial charge in [0.2, 0.25) is 5.91 Å². The largest absolute Gasteiger partial charge is 0.489 e. The minimum atomic E-state index is -4.56. The van der Waals surface area contributed by atoms with Crippen molar-refractivity contribution in [1.82, 2.24) is 10.3 Å². The summed E-state index contributed by atoms with van der Waals surface area (Å²) in [6.07, 6.45) is -9.15. The summed E-state index contributed by atoms with van der Waals surface area (Å²) in [4.78, 5) is 17.6. The minimum absolute atomic E-state index is 0.198. The van der Waals surface area contributed by atoms with E-state index < -0.39 is 35.4 Å². The lowest BCUT2D eigenvalue weighted by atomic mass is 10.0. The average Bonchev–Trinajstić information content (AvgIpc) is 3.48. The number of anilines is 1. The second-order valence-electron chi connectivity index (χ2n) is 8.70. The van der Waals surface area contributed by atoms with Crippen molar-refractivity contribution in [3.63, 3.8) is 0 Å². The topological polar surface area (TPSA) is 54.5 Å². The fourth-order valence-electron chi connectivity index (χ4n) is 4.00. The highest BCUT2D eigenvalue weighted by Gasteiger charge is 2.68. The summed E-state index contributed by atoms with van der Waals surface area (Å²) >= 11 is 0. The van der Waals surface area contributed by atoms with Gasteiger partial charge in [-0.05, 0) is 49.6 Å². The molecule has 1 saturated heterocycles. The number of aromatic nitrogens is 1. The van der Waals surface area contributed by atoms with Crippen molar-refractivity contribution in [3.05, 3.63) is 53.7 Å². The molecule has 2 fully saturated rings. The molecule has 2 aromatic rings. The standard InChI is InChI=1S/C23H23F6N3O2/c1-14(30-20(33)21(10-11-21)23(27,28)29)15-5-7-16(8-6-15)34-17-9-12-32(13-17)19-4-2-3-18(31-19)22(24,25)26/h2-8,14,17H,9-13H2,1H3,(H,30,33)/t14-,17+/m0/s1. The second-order valence-corrected chi connectivity index (χ2v) is 8.70. The predicted octanol–water partition coefficient (Wildman–Crippen LogP) is 5.28. The summed E-state index contributed by atoms with van der Waals surface area (Å²) in [5, 5.41) is 2.44. The summed E-state index contributed by atoms with van der Waals surface area (Å²) in [5.74, 6) is -0.268. The van der Waals surface area contributed by atoms with Gasteiger partial charge in [0.15, 0.2) is 0 Å². The van der Waals surface area contributed by atoms with Crippen molar-refractivity contribution >= 4 is 11.7 Å². The Labute approximate surface area is 192 Å². The van der Waals surface area contributed by atoms with E-state index in [1.165, 1.54) is 12.1 Å². The van der Waals surface area contributed by atoms with E-state index in [1.54, 1.807) is 36.1 Å². The summed E-state index contributed by atoms with van der Waals surface area (Å²) in [5.41, 5.74) is -2.60. The summed E-state index contributed by atoms with van der Waals surface area (Å²) in [6, 6.07) is 9.77. The minimum Gasteiger partial charge on any atom is -0.489 e. The van der Waals surface area contributed by atoms with E-state index in [9.17, 15) is 31.1 Å². The van der Waals surface area contributed by atoms with Gasteiger partial charge in [0.05, 0.1) is 12.6 Å². The first kappa shape index (κ1) is 24.2. The van der Waals surface area contributed by atoms with Crippen molar-refractivity contribution in [2.24, 2.45) is 5.41 Å². The third kappa shape index (κ3) is 4.92. The molecule has 184 valence electrons. The lowest BCUT2D eigenvalue weighted by molar-refractivity contribution is -0.192. The number of nitrogens with one attached hydrogen (secondary N) is 1. The number of alkyl halides is 6. The molecule has 1 aromatic heterocycles. The van der Waals surface area contributed by atoms with E-state index in [0.717, 1.165) is 6.07 Å². The van der Waals surface area contributed by atoms with Crippen LogP contribution in [-0.4, -0.2) is 36.3 Å². The van der Waals surface area contributed by atoms with E-state index in [1.807, 2.05) is 0 Å². The lowest BCUT2D eigenvalue weighted by Crippen LogP contribution is -2.42. The molecule has 2 atom stereocenters. The van der Waals surface area contributed by atoms with Crippen LogP contribution in [0.1, 0.15) is 43.5 Å². The third-order valence-corrected chi connectivity index (χ3v) is 6.25. The van der Waals surface area contributed by atoms with Gasteiger partial charge in [-0.1, -0.05) is 18.2 Å². The SMILES string of the molecule is C[C@H](NC(=O)C1(C(F)(F)F)CC1)c1ccc(O[C@@H]2CCN(c3cccc(C(F)(F)F)n3)C2)cc1. The summed E-state index contributed by atoms with van der Waals surface area (Å²) < 4.78 is 84.0. The third-order valence-electron chi connectivity index (χ3n) is 6.25. The van der Waals surface area contributed by atoms with Crippen LogP contribution in [0.25, 0.3) is 0 Å². The smallest absolute Gasteiger partial charge is 0.433 e. The van der Waals surface area contributed by atoms with Crippen LogP contribution in [0.4, 0.5) is 32.2 Å². The second kappa shape index (κ2) is 8.66. The van der Waals surface area contributed by atoms with Gasteiger partial charge in [0.25, 0.3) is 0 Å². The molecule has 5 nitrogen and oxygen atoms in total. The monoisotopic (exact) mass is 487 g/mol. The van der Waals surface area contributed by atoms with E-state index in [0.29, 0.717) is 30.8 Å². The zero-order valence-electron chi connectivity index (χ0n) is 18.2. The number of carbonyl (C=O) groups is 1. The predicted molar refractivity (Wildman–Crippen MR) is 111 cm³/mol. The highest BCUT2D eigenvalue weighted by atomic mass is 19.4. The zero-order valence-corrected chi connectivity index (χ0v) is 18.2. The molecule has 1 N–H and O–H groups in total. The molecule has 1 aliphatic carbocycles. The van der Waals surface area contributed by atoms with Crippen LogP contribution in [0.3, 0.4) is 0 Å². The Morgan fingerprint density at radius 3 is 2.38 bits per heavy atom. The Kier molecular flexibility index (Phi) is 6.15. The number of halogens is 6. The van der Waals surface area contributed by atoms with Crippen LogP contribution < -0.4 is 15.0 Å². The molecule has 0 spiro atoms. The van der Waals surface area contributed by atoms with Crippen LogP contribution in [0.5, 0.6) is 5.75 Å². The van der Waals surface area contributed by atoms with Crippen molar-refractivity contribution < 1.29 is 35.9 Å². The molecule has 0 radical (unpaired) electrons. The molecule has 1 amide bonds. The summed E-state index contributed by atoms with van der Waals surface area (Å²) in [7, 11) is 0. The van der Waals surface area contributed by atoms with Crippen molar-refractivity contribution in [1.29, 1.82) is 0 Å². The Hall–Kier alpha value is -2.98. The molecule has 1 saturated carbocycles. The van der Waals surface area contributed by atoms with Gasteiger partial charge >= 0.3 is 12.4 Å². The molecule has 4 rings (SSSR count). The molecule has 34 heavy (non-hydrogen) atoms. The molecule has 1 aliphatic heterocycles. The first-order valence-corrected chi connectivity index (χ1v) is 10.8. The van der Waals surface area contributed by atoms with Gasteiger partial charge < -0.3 is 15.0 Å². The molecule has 0 bridgehead atoms. The Morgan fingerprint density at radius 1 is 1.12 bits per heavy atom. The Bertz CT molecular complexity index is 1030. The highest BCUT2D eigenvalue weighted by Crippen LogP contribution is 2.57. The molecular formula is C23H23F6N3O2. The summed E-state index contributed by atoms with van der Waals surface area (Å²) in [6.45, 7) is 2.46. The maximum absolute atomic E-state index is 13.1. The van der Waals surface area contributed by atoms with E-state index in [4.69, 9.17) is 4.74 Å². The molecule has 2 heterocycles. The van der Waals surface area contributed by atoms with Gasteiger partial charge in [-0.2, -0.15) is 26.3 Å². The van der Waals surface area contributed by atoms with Crippen LogP contribution in [0, 0.1) is 5.41 Å². The Balaban J connectivity index is 1.33. The fourth-order valence-corrected chi connectivity index (χ4v) is 4.00. The molecule has 2 aliphatic rings. The Morgan fingerprint density at radius 2 is 1.79 bits per heavy atom. The number of amides is 1. The fraction of sp³-hybridized carbons (Fsp3) is 0.478. The van der Waals surface area contributed by atoms with Gasteiger partial charge in [-0.3, -0.25) is 4.79 Å². The number of rotatable bonds is 6. The normalized spacial score (nSPS) is 20.7. The van der Waals surface area contributed by atoms with E-state index >= 15 is 0 Å². The number of carbonyl (C=O) groups excluding carboxylic acids is 1. The quantitative estimate of drug-likeness (QED) is 0.564. The van der Waals surface area contributed by atoms with Gasteiger partial charge in [-0.25, -0.2) is 4.98 Å². The van der Waals surface area contributed by atoms with Gasteiger partial charge in [-0.15, -0.1) is 0 Å². The molecule has 0 unspecified atom stereocenters. The van der Waals surface area contributed by atoms with Gasteiger partial charge in [0, 0.05) is 13.0 Å². The zero-order chi connectivity index (χ0) is 24.7. The number of pyridine rings is 1. The number of nitrogens with zero attached hydrogens (tertiary/aromatic N) is 2. The highest BCUT2D eigenvalue weighted by molar-refractivity contribution is 5.86. The van der Waals surface area contributed by atoms with Crippen LogP contribution in [0.15, 0.2) is 42.5 Å². The number of benzene rings is 1. The maximum Gasteiger partial charge on any atom is 0.433 e.